The van der Waals surface area contributed by atoms with Gasteiger partial charge in [-0.2, -0.15) is 0 Å². The number of nitrogens with zero attached hydrogens (tertiary/aromatic N) is 2. The molecule has 4 heteroatoms. The summed E-state index contributed by atoms with van der Waals surface area (Å²) in [7, 11) is 0. The van der Waals surface area contributed by atoms with Crippen molar-refractivity contribution in [1.82, 2.24) is 9.97 Å². The second kappa shape index (κ2) is 14.5. The van der Waals surface area contributed by atoms with Crippen molar-refractivity contribution in [2.45, 2.75) is 62.3 Å². The number of fused-ring (bicyclic) bond motifs is 12. The van der Waals surface area contributed by atoms with Gasteiger partial charge in [0.25, 0.3) is 0 Å². The van der Waals surface area contributed by atoms with Gasteiger partial charge < -0.3 is 0 Å². The molecule has 8 aromatic carbocycles. The molecule has 0 N–H and O–H groups in total. The van der Waals surface area contributed by atoms with E-state index >= 15 is 0 Å². The fraction of sp³-hybridized carbons (Fsp3) is 0.143. The van der Waals surface area contributed by atoms with Gasteiger partial charge >= 0.3 is 0 Å². The molecule has 0 aliphatic heterocycles. The van der Waals surface area contributed by atoms with Gasteiger partial charge in [-0.25, -0.2) is 9.97 Å². The highest BCUT2D eigenvalue weighted by Gasteiger charge is 2.22. The highest BCUT2D eigenvalue weighted by atomic mass is 32.1. The minimum Gasteiger partial charge on any atom is -0.246 e. The van der Waals surface area contributed by atoms with Crippen LogP contribution in [0, 0.1) is 62.3 Å². The fourth-order valence-corrected chi connectivity index (χ4v) is 14.2. The van der Waals surface area contributed by atoms with E-state index in [2.05, 4.69) is 190 Å². The third-order valence-corrected chi connectivity index (χ3v) is 16.8. The first-order valence-corrected chi connectivity index (χ1v) is 25.0. The molecule has 8 bridgehead atoms. The summed E-state index contributed by atoms with van der Waals surface area (Å²) >= 11 is 3.72. The summed E-state index contributed by atoms with van der Waals surface area (Å²) in [6.07, 6.45) is 0. The molecule has 0 spiro atoms. The summed E-state index contributed by atoms with van der Waals surface area (Å²) < 4.78 is 4.81. The second-order valence-electron chi connectivity index (χ2n) is 19.5. The van der Waals surface area contributed by atoms with Crippen LogP contribution in [0.3, 0.4) is 0 Å². The van der Waals surface area contributed by atoms with Crippen LogP contribution >= 0.6 is 22.7 Å². The van der Waals surface area contributed by atoms with Crippen molar-refractivity contribution in [3.63, 3.8) is 0 Å². The number of aryl methyl sites for hydroxylation is 9. The van der Waals surface area contributed by atoms with Crippen molar-refractivity contribution < 1.29 is 0 Å². The lowest BCUT2D eigenvalue weighted by molar-refractivity contribution is 1.32. The topological polar surface area (TPSA) is 25.8 Å². The Morgan fingerprint density at radius 1 is 0.299 bits per heavy atom. The largest absolute Gasteiger partial charge is 0.246 e. The maximum absolute atomic E-state index is 5.77. The number of rotatable bonds is 3. The summed E-state index contributed by atoms with van der Waals surface area (Å²) in [5, 5.41) is 11.9. The second-order valence-corrected chi connectivity index (χ2v) is 21.7. The number of aromatic nitrogens is 2. The Kier molecular flexibility index (Phi) is 8.73. The Bertz CT molecular complexity index is 4300. The first-order valence-electron chi connectivity index (χ1n) is 23.4. The molecule has 0 unspecified atom stereocenters. The third-order valence-electron chi connectivity index (χ3n) is 14.5. The van der Waals surface area contributed by atoms with Crippen LogP contribution in [0.2, 0.25) is 0 Å². The molecule has 0 atom stereocenters. The van der Waals surface area contributed by atoms with Gasteiger partial charge in [-0.05, 0) is 207 Å². The van der Waals surface area contributed by atoms with E-state index in [9.17, 15) is 0 Å². The molecule has 0 fully saturated rings. The first-order chi connectivity index (χ1) is 32.4. The Morgan fingerprint density at radius 3 is 1.04 bits per heavy atom. The molecule has 13 aromatic rings. The van der Waals surface area contributed by atoms with Crippen molar-refractivity contribution in [1.29, 1.82) is 0 Å². The minimum atomic E-state index is 1.05. The van der Waals surface area contributed by atoms with Crippen LogP contribution in [0.25, 0.3) is 128 Å². The summed E-state index contributed by atoms with van der Waals surface area (Å²) in [6.45, 7) is 20.2. The van der Waals surface area contributed by atoms with Crippen molar-refractivity contribution in [3.05, 3.63) is 177 Å². The Hall–Kier alpha value is -6.98. The highest BCUT2D eigenvalue weighted by Crippen LogP contribution is 2.47. The van der Waals surface area contributed by atoms with E-state index in [-0.39, 0.29) is 0 Å². The van der Waals surface area contributed by atoms with E-state index in [4.69, 9.17) is 9.97 Å². The molecule has 2 nitrogen and oxygen atoms in total. The van der Waals surface area contributed by atoms with Crippen LogP contribution < -0.4 is 0 Å². The average Bonchev–Trinajstić information content (AvgIpc) is 4.10. The zero-order chi connectivity index (χ0) is 45.7. The van der Waals surface area contributed by atoms with E-state index in [0.717, 1.165) is 22.1 Å². The van der Waals surface area contributed by atoms with E-state index in [0.29, 0.717) is 0 Å². The zero-order valence-corrected chi connectivity index (χ0v) is 41.0. The number of benzene rings is 8. The van der Waals surface area contributed by atoms with E-state index in [1.54, 1.807) is 0 Å². The van der Waals surface area contributed by atoms with Crippen molar-refractivity contribution in [2.75, 3.05) is 0 Å². The van der Waals surface area contributed by atoms with Gasteiger partial charge in [0, 0.05) is 61.9 Å². The minimum absolute atomic E-state index is 1.05. The number of thiophene rings is 2. The number of hydrogen-bond donors (Lipinski definition) is 0. The van der Waals surface area contributed by atoms with Crippen molar-refractivity contribution in [2.24, 2.45) is 0 Å². The van der Waals surface area contributed by atoms with Crippen LogP contribution in [0.5, 0.6) is 0 Å². The van der Waals surface area contributed by atoms with Gasteiger partial charge in [-0.3, -0.25) is 0 Å². The van der Waals surface area contributed by atoms with Gasteiger partial charge in [0.05, 0.1) is 22.1 Å². The standard InChI is InChI=1S/C63H48N2S2/c1-31-18-34(4)56(35(5)19-31)41-25-45-46-26-42(57-36(6)20-32(2)21-37(57)7)28-48-53-16-17-55(67-53)50-24-40-12-10-11-13-44(40)59-51-30-43(58-38(8)22-33(3)23-39(58)9)29-49(62(51)65-63(50)59)54-15-14-52(66-54)47(27-41)60(45)64-61(46)48/h10-30H,1-9H3. The van der Waals surface area contributed by atoms with Crippen LogP contribution in [-0.2, 0) is 0 Å². The maximum Gasteiger partial charge on any atom is 0.0809 e. The van der Waals surface area contributed by atoms with Crippen LogP contribution in [0.15, 0.2) is 127 Å². The molecule has 0 saturated carbocycles. The highest BCUT2D eigenvalue weighted by molar-refractivity contribution is 7.25. The molecule has 67 heavy (non-hydrogen) atoms. The molecule has 0 radical (unpaired) electrons. The lowest BCUT2D eigenvalue weighted by atomic mass is 9.90. The molecule has 0 aliphatic carbocycles. The van der Waals surface area contributed by atoms with Crippen LogP contribution in [0.1, 0.15) is 50.1 Å². The molecular formula is C63H48N2S2. The summed E-state index contributed by atoms with van der Waals surface area (Å²) in [4.78, 5) is 11.5. The van der Waals surface area contributed by atoms with Crippen LogP contribution in [-0.4, -0.2) is 9.97 Å². The molecule has 0 saturated heterocycles. The molecular weight excluding hydrogens is 849 g/mol. The average molecular weight is 897 g/mol. The van der Waals surface area contributed by atoms with E-state index in [1.165, 1.54) is 156 Å². The van der Waals surface area contributed by atoms with Crippen molar-refractivity contribution >= 4 is 117 Å². The third kappa shape index (κ3) is 6.06. The molecule has 13 rings (SSSR count). The Balaban J connectivity index is 1.28. The smallest absolute Gasteiger partial charge is 0.0809 e. The zero-order valence-electron chi connectivity index (χ0n) is 39.3. The number of hydrogen-bond acceptors (Lipinski definition) is 4. The van der Waals surface area contributed by atoms with Gasteiger partial charge in [-0.1, -0.05) is 77.4 Å². The first kappa shape index (κ1) is 40.3. The fourth-order valence-electron chi connectivity index (χ4n) is 12.2. The summed E-state index contributed by atoms with van der Waals surface area (Å²) in [6, 6.07) is 49.1. The lowest BCUT2D eigenvalue weighted by Crippen LogP contribution is -1.91. The SMILES string of the molecule is Cc1cc(C)c(-c2cc3c4ccc(s4)c4cc(-c5c(C)cc(C)cc5C)cc5c4nc4c(cc6ccccc6c54)c4ccc(s4)c4cc(-c5c(C)cc(C)cc5C)cc5c(c2)c3nc45)c(C)c1. The molecule has 5 aromatic heterocycles. The summed E-state index contributed by atoms with van der Waals surface area (Å²) in [5.74, 6) is 0. The summed E-state index contributed by atoms with van der Waals surface area (Å²) in [5.41, 5.74) is 23.4. The van der Waals surface area contributed by atoms with Gasteiger partial charge in [0.15, 0.2) is 0 Å². The monoisotopic (exact) mass is 896 g/mol. The van der Waals surface area contributed by atoms with Crippen LogP contribution in [0.4, 0.5) is 0 Å². The van der Waals surface area contributed by atoms with E-state index in [1.807, 2.05) is 22.7 Å². The molecule has 322 valence electrons. The van der Waals surface area contributed by atoms with E-state index < -0.39 is 0 Å². The maximum atomic E-state index is 5.77. The quantitative estimate of drug-likeness (QED) is 0.177. The van der Waals surface area contributed by atoms with Crippen molar-refractivity contribution in [3.8, 4) is 33.4 Å². The Labute approximate surface area is 398 Å². The molecule has 5 heterocycles. The normalized spacial score (nSPS) is 12.3. The molecule has 0 amide bonds. The predicted molar refractivity (Wildman–Crippen MR) is 294 cm³/mol. The lowest BCUT2D eigenvalue weighted by Gasteiger charge is -2.13. The Morgan fingerprint density at radius 2 is 0.627 bits per heavy atom. The van der Waals surface area contributed by atoms with Gasteiger partial charge in [-0.15, -0.1) is 22.7 Å². The van der Waals surface area contributed by atoms with Gasteiger partial charge in [0.1, 0.15) is 0 Å². The molecule has 0 aliphatic rings. The van der Waals surface area contributed by atoms with Gasteiger partial charge in [0.2, 0.25) is 0 Å². The predicted octanol–water partition coefficient (Wildman–Crippen LogP) is 18.8.